The molecule has 0 fully saturated rings. The van der Waals surface area contributed by atoms with Crippen molar-refractivity contribution < 1.29 is 44.7 Å². The molecule has 0 aromatic heterocycles. The smallest absolute Gasteiger partial charge is 0.214 e. The van der Waals surface area contributed by atoms with Gasteiger partial charge in [-0.05, 0) is 0 Å². The third-order valence-electron chi connectivity index (χ3n) is 0. The average Bonchev–Trinajstić information content (AvgIpc) is 0.811. The molecule has 0 aliphatic rings. The molecule has 0 unspecified atom stereocenters. The molecule has 0 saturated heterocycles. The van der Waals surface area contributed by atoms with Crippen LogP contribution in [-0.4, -0.2) is 5.91 Å². The van der Waals surface area contributed by atoms with Crippen molar-refractivity contribution in [2.24, 2.45) is 5.73 Å². The van der Waals surface area contributed by atoms with Crippen LogP contribution in [0.4, 0.5) is 0 Å². The molecule has 0 aliphatic heterocycles. The van der Waals surface area contributed by atoms with Gasteiger partial charge in [0.15, 0.2) is 0 Å². The van der Waals surface area contributed by atoms with Gasteiger partial charge in [-0.25, -0.2) is 0 Å². The van der Waals surface area contributed by atoms with Crippen LogP contribution in [0.2, 0.25) is 0 Å². The molecule has 0 atom stereocenters. The number of carbonyl (C=O) groups excluding carboxylic acids is 1. The summed E-state index contributed by atoms with van der Waals surface area (Å²) in [5, 5.41) is 0. The van der Waals surface area contributed by atoms with Gasteiger partial charge in [-0.15, -0.1) is 0 Å². The van der Waals surface area contributed by atoms with Crippen LogP contribution in [-0.2, 0) is 4.79 Å². The molecule has 0 aromatic rings. The van der Waals surface area contributed by atoms with Gasteiger partial charge in [0, 0.05) is 46.9 Å². The van der Waals surface area contributed by atoms with Gasteiger partial charge in [-0.3, -0.25) is 4.79 Å². The predicted molar refractivity (Wildman–Crippen MR) is 14.9 cm³/mol. The van der Waals surface area contributed by atoms with E-state index in [0.717, 1.165) is 0 Å². The zero-order valence-electron chi connectivity index (χ0n) is 2.84. The van der Waals surface area contributed by atoms with Gasteiger partial charge in [0.25, 0.3) is 0 Å². The van der Waals surface area contributed by atoms with Gasteiger partial charge in [-0.1, -0.05) is 0 Å². The van der Waals surface area contributed by atoms with E-state index in [4.69, 9.17) is 0 Å². The zero-order chi connectivity index (χ0) is 3.58. The van der Waals surface area contributed by atoms with Crippen molar-refractivity contribution in [1.29, 1.82) is 0 Å². The van der Waals surface area contributed by atoms with Crippen LogP contribution in [0.3, 0.4) is 0 Å². The maximum absolute atomic E-state index is 9.22. The standard InChI is InChI=1S/C2H5NO.Gd/c1-2(3)4;/h1H3,(H2,3,4);. The fraction of sp³-hybridized carbons (Fsp3) is 0.500. The Hall–Kier alpha value is 0.795. The van der Waals surface area contributed by atoms with E-state index in [1.54, 1.807) is 0 Å². The maximum atomic E-state index is 9.22. The Morgan fingerprint density at radius 2 is 1.80 bits per heavy atom. The van der Waals surface area contributed by atoms with Crippen LogP contribution < -0.4 is 5.73 Å². The van der Waals surface area contributed by atoms with E-state index >= 15 is 0 Å². The molecule has 0 rings (SSSR count). The third-order valence-corrected chi connectivity index (χ3v) is 0. The Bertz CT molecular complexity index is 32.6. The summed E-state index contributed by atoms with van der Waals surface area (Å²) in [5.41, 5.74) is 4.47. The number of hydrogen-bond donors (Lipinski definition) is 1. The first-order chi connectivity index (χ1) is 1.73. The molecule has 0 spiro atoms. The van der Waals surface area contributed by atoms with E-state index < -0.39 is 0 Å². The molecule has 0 aliphatic carbocycles. The van der Waals surface area contributed by atoms with E-state index in [0.29, 0.717) is 0 Å². The maximum Gasteiger partial charge on any atom is 0.214 e. The minimum absolute atomic E-state index is 0. The zero-order valence-corrected chi connectivity index (χ0v) is 5.11. The van der Waals surface area contributed by atoms with E-state index in [1.165, 1.54) is 6.92 Å². The van der Waals surface area contributed by atoms with Crippen LogP contribution in [0.25, 0.3) is 0 Å². The van der Waals surface area contributed by atoms with Gasteiger partial charge in [-0.2, -0.15) is 0 Å². The number of primary amides is 1. The van der Waals surface area contributed by atoms with E-state index in [9.17, 15) is 4.79 Å². The Kier molecular flexibility index (Phi) is 8.87. The average molecular weight is 216 g/mol. The normalized spacial score (nSPS) is 5.00. The molecule has 0 aromatic carbocycles. The Morgan fingerprint density at radius 3 is 1.80 bits per heavy atom. The molecule has 1 amide bonds. The number of carbonyl (C=O) groups is 1. The first kappa shape index (κ1) is 9.25. The van der Waals surface area contributed by atoms with Crippen LogP contribution in [0.1, 0.15) is 6.92 Å². The monoisotopic (exact) mass is 217 g/mol. The molecular formula is C2H5GdNO. The van der Waals surface area contributed by atoms with Crippen molar-refractivity contribution in [1.82, 2.24) is 0 Å². The summed E-state index contributed by atoms with van der Waals surface area (Å²) >= 11 is 0. The summed E-state index contributed by atoms with van der Waals surface area (Å²) in [4.78, 5) is 9.22. The van der Waals surface area contributed by atoms with Crippen LogP contribution in [0.15, 0.2) is 0 Å². The van der Waals surface area contributed by atoms with Crippen LogP contribution in [0.5, 0.6) is 0 Å². The molecule has 0 saturated carbocycles. The van der Waals surface area contributed by atoms with Gasteiger partial charge in [0.1, 0.15) is 0 Å². The number of rotatable bonds is 0. The molecule has 3 heteroatoms. The van der Waals surface area contributed by atoms with Crippen molar-refractivity contribution in [3.8, 4) is 0 Å². The van der Waals surface area contributed by atoms with Gasteiger partial charge in [0.05, 0.1) is 0 Å². The largest absolute Gasteiger partial charge is 0.370 e. The quantitative estimate of drug-likeness (QED) is 0.582. The summed E-state index contributed by atoms with van der Waals surface area (Å²) in [6.45, 7) is 1.31. The second kappa shape index (κ2) is 4.79. The number of hydrogen-bond acceptors (Lipinski definition) is 1. The summed E-state index contributed by atoms with van der Waals surface area (Å²) in [6.07, 6.45) is 0. The Morgan fingerprint density at radius 1 is 1.80 bits per heavy atom. The van der Waals surface area contributed by atoms with Crippen molar-refractivity contribution in [3.05, 3.63) is 0 Å². The van der Waals surface area contributed by atoms with Crippen molar-refractivity contribution in [2.75, 3.05) is 0 Å². The minimum atomic E-state index is -0.333. The van der Waals surface area contributed by atoms with Crippen molar-refractivity contribution in [3.63, 3.8) is 0 Å². The molecule has 5 heavy (non-hydrogen) atoms. The first-order valence-corrected chi connectivity index (χ1v) is 0.993. The number of nitrogens with two attached hydrogens (primary N) is 1. The first-order valence-electron chi connectivity index (χ1n) is 0.993. The summed E-state index contributed by atoms with van der Waals surface area (Å²) in [7, 11) is 0. The SMILES string of the molecule is CC(N)=O.[Gd]. The number of amides is 1. The second-order valence-corrected chi connectivity index (χ2v) is 0.611. The molecule has 2 N–H and O–H groups in total. The molecule has 0 bridgehead atoms. The fourth-order valence-electron chi connectivity index (χ4n) is 0. The molecule has 2 nitrogen and oxygen atoms in total. The van der Waals surface area contributed by atoms with E-state index in [2.05, 4.69) is 5.73 Å². The second-order valence-electron chi connectivity index (χ2n) is 0.611. The predicted octanol–water partition coefficient (Wildman–Crippen LogP) is -0.508. The van der Waals surface area contributed by atoms with Gasteiger partial charge < -0.3 is 5.73 Å². The van der Waals surface area contributed by atoms with Crippen LogP contribution in [0, 0.1) is 39.9 Å². The van der Waals surface area contributed by atoms with E-state index in [1.807, 2.05) is 0 Å². The Balaban J connectivity index is 0. The topological polar surface area (TPSA) is 43.1 Å². The summed E-state index contributed by atoms with van der Waals surface area (Å²) in [5.74, 6) is -0.333. The van der Waals surface area contributed by atoms with Gasteiger partial charge >= 0.3 is 0 Å². The molecule has 32 valence electrons. The fourth-order valence-corrected chi connectivity index (χ4v) is 0. The molecular weight excluding hydrogens is 211 g/mol. The van der Waals surface area contributed by atoms with Crippen LogP contribution >= 0.6 is 0 Å². The molecule has 0 radical (unpaired) electrons. The van der Waals surface area contributed by atoms with Crippen molar-refractivity contribution >= 4 is 5.91 Å². The van der Waals surface area contributed by atoms with Gasteiger partial charge in [0.2, 0.25) is 5.91 Å². The van der Waals surface area contributed by atoms with Crippen molar-refractivity contribution in [2.45, 2.75) is 6.92 Å². The third kappa shape index (κ3) is 59.3. The van der Waals surface area contributed by atoms with E-state index in [-0.39, 0.29) is 45.8 Å². The summed E-state index contributed by atoms with van der Waals surface area (Å²) < 4.78 is 0. The molecule has 0 heterocycles. The summed E-state index contributed by atoms with van der Waals surface area (Å²) in [6, 6.07) is 0. The Labute approximate surface area is 62.8 Å². The minimum Gasteiger partial charge on any atom is -0.370 e.